The van der Waals surface area contributed by atoms with Gasteiger partial charge in [0.2, 0.25) is 5.75 Å². The van der Waals surface area contributed by atoms with E-state index in [2.05, 4.69) is 15.9 Å². The normalized spacial score (nSPS) is 10.1. The number of ether oxygens (including phenoxy) is 1. The minimum atomic E-state index is -1.18. The molecule has 0 fully saturated rings. The molecule has 0 atom stereocenters. The van der Waals surface area contributed by atoms with Crippen LogP contribution in [0.15, 0.2) is 46.9 Å². The second-order valence-electron chi connectivity index (χ2n) is 3.80. The fraction of sp³-hybridized carbons (Fsp3) is 0. The van der Waals surface area contributed by atoms with E-state index in [1.807, 2.05) is 0 Å². The molecule has 2 aromatic rings. The van der Waals surface area contributed by atoms with Gasteiger partial charge >= 0.3 is 11.7 Å². The summed E-state index contributed by atoms with van der Waals surface area (Å²) >= 11 is 3.26. The highest BCUT2D eigenvalue weighted by molar-refractivity contribution is 9.10. The fourth-order valence-electron chi connectivity index (χ4n) is 1.51. The SMILES string of the molecule is O=C(O)c1ccc([N+](=O)[O-])c(Oc2ccc(Br)cc2)c1. The molecule has 1 N–H and O–H groups in total. The van der Waals surface area contributed by atoms with E-state index in [9.17, 15) is 14.9 Å². The summed E-state index contributed by atoms with van der Waals surface area (Å²) in [7, 11) is 0. The number of rotatable bonds is 4. The summed E-state index contributed by atoms with van der Waals surface area (Å²) < 4.78 is 6.22. The third-order valence-electron chi connectivity index (χ3n) is 2.44. The maximum absolute atomic E-state index is 10.9. The molecule has 20 heavy (non-hydrogen) atoms. The van der Waals surface area contributed by atoms with Crippen molar-refractivity contribution in [3.05, 3.63) is 62.6 Å². The van der Waals surface area contributed by atoms with E-state index in [1.165, 1.54) is 0 Å². The highest BCUT2D eigenvalue weighted by Gasteiger charge is 2.18. The van der Waals surface area contributed by atoms with Crippen LogP contribution in [0, 0.1) is 10.1 Å². The first-order chi connectivity index (χ1) is 9.47. The largest absolute Gasteiger partial charge is 0.478 e. The second kappa shape index (κ2) is 5.70. The first kappa shape index (κ1) is 14.0. The lowest BCUT2D eigenvalue weighted by Gasteiger charge is -2.07. The van der Waals surface area contributed by atoms with Gasteiger partial charge in [-0.25, -0.2) is 4.79 Å². The van der Waals surface area contributed by atoms with Crippen LogP contribution < -0.4 is 4.74 Å². The second-order valence-corrected chi connectivity index (χ2v) is 4.72. The Morgan fingerprint density at radius 3 is 2.40 bits per heavy atom. The van der Waals surface area contributed by atoms with Crippen molar-refractivity contribution in [2.75, 3.05) is 0 Å². The standard InChI is InChI=1S/C13H8BrNO5/c14-9-2-4-10(5-3-9)20-12-7-8(13(16)17)1-6-11(12)15(18)19/h1-7H,(H,16,17). The van der Waals surface area contributed by atoms with Crippen LogP contribution >= 0.6 is 15.9 Å². The van der Waals surface area contributed by atoms with Crippen LogP contribution in [0.2, 0.25) is 0 Å². The number of benzene rings is 2. The number of nitro benzene ring substituents is 1. The molecule has 0 saturated carbocycles. The smallest absolute Gasteiger partial charge is 0.335 e. The maximum Gasteiger partial charge on any atom is 0.335 e. The molecule has 0 aliphatic heterocycles. The Morgan fingerprint density at radius 1 is 1.20 bits per heavy atom. The zero-order valence-electron chi connectivity index (χ0n) is 9.95. The van der Waals surface area contributed by atoms with Gasteiger partial charge in [-0.05, 0) is 30.3 Å². The molecule has 0 bridgehead atoms. The minimum absolute atomic E-state index is 0.0808. The van der Waals surface area contributed by atoms with E-state index in [4.69, 9.17) is 9.84 Å². The van der Waals surface area contributed by atoms with Crippen molar-refractivity contribution in [3.63, 3.8) is 0 Å². The molecule has 0 radical (unpaired) electrons. The number of nitro groups is 1. The van der Waals surface area contributed by atoms with Gasteiger partial charge in [0.15, 0.2) is 0 Å². The topological polar surface area (TPSA) is 89.7 Å². The summed E-state index contributed by atoms with van der Waals surface area (Å²) in [6.45, 7) is 0. The first-order valence-electron chi connectivity index (χ1n) is 5.42. The number of hydrogen-bond donors (Lipinski definition) is 1. The highest BCUT2D eigenvalue weighted by Crippen LogP contribution is 2.32. The van der Waals surface area contributed by atoms with Gasteiger partial charge in [0, 0.05) is 16.6 Å². The van der Waals surface area contributed by atoms with Crippen LogP contribution in [-0.4, -0.2) is 16.0 Å². The molecule has 0 saturated heterocycles. The Morgan fingerprint density at radius 2 is 1.85 bits per heavy atom. The monoisotopic (exact) mass is 337 g/mol. The minimum Gasteiger partial charge on any atom is -0.478 e. The highest BCUT2D eigenvalue weighted by atomic mass is 79.9. The molecule has 0 heterocycles. The van der Waals surface area contributed by atoms with Crippen LogP contribution in [0.3, 0.4) is 0 Å². The molecule has 0 aliphatic rings. The van der Waals surface area contributed by atoms with Crippen molar-refractivity contribution in [3.8, 4) is 11.5 Å². The summed E-state index contributed by atoms with van der Waals surface area (Å²) in [6, 6.07) is 10.0. The van der Waals surface area contributed by atoms with E-state index in [0.29, 0.717) is 5.75 Å². The van der Waals surface area contributed by atoms with Crippen LogP contribution in [0.1, 0.15) is 10.4 Å². The van der Waals surface area contributed by atoms with Gasteiger partial charge in [0.1, 0.15) is 5.75 Å². The van der Waals surface area contributed by atoms with Gasteiger partial charge in [-0.1, -0.05) is 15.9 Å². The van der Waals surface area contributed by atoms with Crippen LogP contribution in [-0.2, 0) is 0 Å². The number of nitrogens with zero attached hydrogens (tertiary/aromatic N) is 1. The Balaban J connectivity index is 2.41. The van der Waals surface area contributed by atoms with Gasteiger partial charge in [0.05, 0.1) is 10.5 Å². The lowest BCUT2D eigenvalue weighted by molar-refractivity contribution is -0.385. The molecule has 102 valence electrons. The molecule has 0 aromatic heterocycles. The predicted octanol–water partition coefficient (Wildman–Crippen LogP) is 3.85. The third-order valence-corrected chi connectivity index (χ3v) is 2.97. The van der Waals surface area contributed by atoms with E-state index >= 15 is 0 Å². The lowest BCUT2D eigenvalue weighted by Crippen LogP contribution is -1.99. The molecule has 7 heteroatoms. The van der Waals surface area contributed by atoms with Gasteiger partial charge in [-0.15, -0.1) is 0 Å². The fourth-order valence-corrected chi connectivity index (χ4v) is 1.77. The van der Waals surface area contributed by atoms with E-state index in [0.717, 1.165) is 22.7 Å². The summed E-state index contributed by atoms with van der Waals surface area (Å²) in [5.41, 5.74) is -0.374. The van der Waals surface area contributed by atoms with Crippen molar-refractivity contribution in [2.24, 2.45) is 0 Å². The molecule has 2 aromatic carbocycles. The average Bonchev–Trinajstić information content (AvgIpc) is 2.41. The quantitative estimate of drug-likeness (QED) is 0.676. The molecule has 0 unspecified atom stereocenters. The van der Waals surface area contributed by atoms with Crippen molar-refractivity contribution < 1.29 is 19.6 Å². The average molecular weight is 338 g/mol. The summed E-state index contributed by atoms with van der Waals surface area (Å²) in [5, 5.41) is 19.8. The molecule has 2 rings (SSSR count). The third kappa shape index (κ3) is 3.12. The zero-order valence-corrected chi connectivity index (χ0v) is 11.5. The summed E-state index contributed by atoms with van der Waals surface area (Å²) in [5.74, 6) is -0.920. The van der Waals surface area contributed by atoms with Crippen molar-refractivity contribution >= 4 is 27.6 Å². The Hall–Kier alpha value is -2.41. The van der Waals surface area contributed by atoms with Gasteiger partial charge in [-0.2, -0.15) is 0 Å². The van der Waals surface area contributed by atoms with Gasteiger partial charge in [-0.3, -0.25) is 10.1 Å². The molecule has 0 aliphatic carbocycles. The Bertz CT molecular complexity index is 669. The molecular formula is C13H8BrNO5. The molecule has 0 amide bonds. The summed E-state index contributed by atoms with van der Waals surface area (Å²) in [6.07, 6.45) is 0. The molecule has 6 nitrogen and oxygen atoms in total. The predicted molar refractivity (Wildman–Crippen MR) is 74.3 cm³/mol. The number of halogens is 1. The first-order valence-corrected chi connectivity index (χ1v) is 6.22. The van der Waals surface area contributed by atoms with Gasteiger partial charge < -0.3 is 9.84 Å². The van der Waals surface area contributed by atoms with Crippen molar-refractivity contribution in [1.82, 2.24) is 0 Å². The van der Waals surface area contributed by atoms with Crippen molar-refractivity contribution in [2.45, 2.75) is 0 Å². The zero-order chi connectivity index (χ0) is 14.7. The van der Waals surface area contributed by atoms with E-state index in [1.54, 1.807) is 24.3 Å². The number of carboxylic acids is 1. The van der Waals surface area contributed by atoms with E-state index in [-0.39, 0.29) is 17.0 Å². The number of carboxylic acid groups (broad SMARTS) is 1. The van der Waals surface area contributed by atoms with E-state index < -0.39 is 10.9 Å². The summed E-state index contributed by atoms with van der Waals surface area (Å²) in [4.78, 5) is 21.2. The number of aromatic carboxylic acids is 1. The number of carbonyl (C=O) groups is 1. The Kier molecular flexibility index (Phi) is 3.99. The lowest BCUT2D eigenvalue weighted by atomic mass is 10.2. The molecule has 0 spiro atoms. The van der Waals surface area contributed by atoms with Gasteiger partial charge in [0.25, 0.3) is 0 Å². The number of hydrogen-bond acceptors (Lipinski definition) is 4. The maximum atomic E-state index is 10.9. The van der Waals surface area contributed by atoms with Crippen molar-refractivity contribution in [1.29, 1.82) is 0 Å². The van der Waals surface area contributed by atoms with Crippen LogP contribution in [0.25, 0.3) is 0 Å². The van der Waals surface area contributed by atoms with Crippen LogP contribution in [0.5, 0.6) is 11.5 Å². The molecular weight excluding hydrogens is 330 g/mol. The van der Waals surface area contributed by atoms with Crippen LogP contribution in [0.4, 0.5) is 5.69 Å². The Labute approximate surface area is 121 Å².